The van der Waals surface area contributed by atoms with Crippen molar-refractivity contribution < 1.29 is 4.79 Å². The molecule has 0 amide bonds. The van der Waals surface area contributed by atoms with E-state index in [9.17, 15) is 4.79 Å². The third-order valence-electron chi connectivity index (χ3n) is 1.76. The highest BCUT2D eigenvalue weighted by molar-refractivity contribution is 6.30. The molecule has 1 nitrogen and oxygen atoms in total. The van der Waals surface area contributed by atoms with Crippen molar-refractivity contribution >= 4 is 17.4 Å². The van der Waals surface area contributed by atoms with E-state index in [1.807, 2.05) is 19.9 Å². The summed E-state index contributed by atoms with van der Waals surface area (Å²) in [5, 5.41) is 0.648. The van der Waals surface area contributed by atoms with Gasteiger partial charge in [-0.15, -0.1) is 0 Å². The second kappa shape index (κ2) is 4.97. The summed E-state index contributed by atoms with van der Waals surface area (Å²) in [7, 11) is 0. The molecule has 74 valence electrons. The number of halogens is 1. The second-order valence-electron chi connectivity index (χ2n) is 3.47. The van der Waals surface area contributed by atoms with Crippen molar-refractivity contribution in [1.82, 2.24) is 0 Å². The van der Waals surface area contributed by atoms with E-state index in [1.165, 1.54) is 0 Å². The third-order valence-corrected chi connectivity index (χ3v) is 2.01. The maximum Gasteiger partial charge on any atom is 0.185 e. The van der Waals surface area contributed by atoms with Gasteiger partial charge >= 0.3 is 0 Å². The predicted molar refractivity (Wildman–Crippen MR) is 59.8 cm³/mol. The molecule has 1 aromatic carbocycles. The van der Waals surface area contributed by atoms with Crippen LogP contribution in [0.5, 0.6) is 0 Å². The van der Waals surface area contributed by atoms with Crippen molar-refractivity contribution in [3.05, 3.63) is 47.0 Å². The fraction of sp³-hybridized carbons (Fsp3) is 0.250. The van der Waals surface area contributed by atoms with E-state index in [0.717, 1.165) is 0 Å². The molecule has 0 aliphatic carbocycles. The van der Waals surface area contributed by atoms with Crippen LogP contribution in [-0.4, -0.2) is 5.78 Å². The van der Waals surface area contributed by atoms with E-state index in [0.29, 0.717) is 16.5 Å². The Labute approximate surface area is 89.4 Å². The molecule has 0 fully saturated rings. The molecule has 0 aromatic heterocycles. The Bertz CT molecular complexity index is 336. The van der Waals surface area contributed by atoms with Gasteiger partial charge in [0, 0.05) is 10.6 Å². The molecular formula is C12H13ClO. The zero-order valence-corrected chi connectivity index (χ0v) is 9.08. The largest absolute Gasteiger partial charge is 0.289 e. The highest BCUT2D eigenvalue weighted by Gasteiger charge is 2.00. The lowest BCUT2D eigenvalue weighted by atomic mass is 10.1. The molecule has 0 unspecified atom stereocenters. The van der Waals surface area contributed by atoms with Gasteiger partial charge in [0.25, 0.3) is 0 Å². The molecule has 0 N–H and O–H groups in total. The van der Waals surface area contributed by atoms with Gasteiger partial charge in [-0.05, 0) is 36.3 Å². The molecule has 0 aliphatic rings. The van der Waals surface area contributed by atoms with Crippen molar-refractivity contribution in [1.29, 1.82) is 0 Å². The van der Waals surface area contributed by atoms with Crippen molar-refractivity contribution in [3.8, 4) is 0 Å². The summed E-state index contributed by atoms with van der Waals surface area (Å²) < 4.78 is 0. The van der Waals surface area contributed by atoms with Gasteiger partial charge in [0.2, 0.25) is 0 Å². The third kappa shape index (κ3) is 3.35. The average Bonchev–Trinajstić information content (AvgIpc) is 2.15. The van der Waals surface area contributed by atoms with E-state index < -0.39 is 0 Å². The average molecular weight is 209 g/mol. The Hall–Kier alpha value is -1.08. The van der Waals surface area contributed by atoms with Crippen molar-refractivity contribution in [3.63, 3.8) is 0 Å². The molecule has 1 aromatic rings. The van der Waals surface area contributed by atoms with E-state index in [-0.39, 0.29) is 5.78 Å². The Morgan fingerprint density at radius 2 is 1.86 bits per heavy atom. The first-order chi connectivity index (χ1) is 6.59. The van der Waals surface area contributed by atoms with Crippen LogP contribution < -0.4 is 0 Å². The molecule has 0 heterocycles. The Kier molecular flexibility index (Phi) is 3.90. The molecule has 0 radical (unpaired) electrons. The fourth-order valence-electron chi connectivity index (χ4n) is 0.990. The normalized spacial score (nSPS) is 11.1. The molecule has 14 heavy (non-hydrogen) atoms. The fourth-order valence-corrected chi connectivity index (χ4v) is 1.12. The number of benzene rings is 1. The molecule has 0 saturated carbocycles. The Morgan fingerprint density at radius 3 is 2.36 bits per heavy atom. The number of carbonyl (C=O) groups excluding carboxylic acids is 1. The molecule has 0 spiro atoms. The molecule has 0 aliphatic heterocycles. The van der Waals surface area contributed by atoms with Crippen LogP contribution in [0.3, 0.4) is 0 Å². The van der Waals surface area contributed by atoms with Crippen LogP contribution in [0, 0.1) is 5.92 Å². The summed E-state index contributed by atoms with van der Waals surface area (Å²) in [4.78, 5) is 11.5. The first-order valence-electron chi connectivity index (χ1n) is 4.57. The molecular weight excluding hydrogens is 196 g/mol. The zero-order chi connectivity index (χ0) is 10.6. The number of hydrogen-bond acceptors (Lipinski definition) is 1. The predicted octanol–water partition coefficient (Wildman–Crippen LogP) is 3.73. The van der Waals surface area contributed by atoms with Crippen LogP contribution in [0.1, 0.15) is 24.2 Å². The van der Waals surface area contributed by atoms with Crippen LogP contribution >= 0.6 is 11.6 Å². The van der Waals surface area contributed by atoms with E-state index in [1.54, 1.807) is 30.3 Å². The maximum absolute atomic E-state index is 11.5. The first kappa shape index (κ1) is 11.0. The highest BCUT2D eigenvalue weighted by atomic mass is 35.5. The lowest BCUT2D eigenvalue weighted by Gasteiger charge is -1.96. The SMILES string of the molecule is CC(C)/C=C/C(=O)c1ccc(Cl)cc1. The van der Waals surface area contributed by atoms with Crippen LogP contribution in [0.4, 0.5) is 0 Å². The highest BCUT2D eigenvalue weighted by Crippen LogP contribution is 2.10. The summed E-state index contributed by atoms with van der Waals surface area (Å²) in [5.41, 5.74) is 0.673. The molecule has 2 heteroatoms. The Balaban J connectivity index is 2.75. The lowest BCUT2D eigenvalue weighted by molar-refractivity contribution is 0.104. The minimum absolute atomic E-state index is 0.0235. The van der Waals surface area contributed by atoms with Gasteiger partial charge in [-0.25, -0.2) is 0 Å². The maximum atomic E-state index is 11.5. The molecule has 1 rings (SSSR count). The van der Waals surface area contributed by atoms with Gasteiger partial charge in [-0.1, -0.05) is 31.5 Å². The molecule has 0 saturated heterocycles. The zero-order valence-electron chi connectivity index (χ0n) is 8.33. The quantitative estimate of drug-likeness (QED) is 0.547. The van der Waals surface area contributed by atoms with Gasteiger partial charge in [0.1, 0.15) is 0 Å². The summed E-state index contributed by atoms with van der Waals surface area (Å²) >= 11 is 5.71. The van der Waals surface area contributed by atoms with E-state index in [2.05, 4.69) is 0 Å². The van der Waals surface area contributed by atoms with E-state index in [4.69, 9.17) is 11.6 Å². The smallest absolute Gasteiger partial charge is 0.185 e. The summed E-state index contributed by atoms with van der Waals surface area (Å²) in [6, 6.07) is 6.90. The van der Waals surface area contributed by atoms with Gasteiger partial charge in [0.05, 0.1) is 0 Å². The summed E-state index contributed by atoms with van der Waals surface area (Å²) in [6.45, 7) is 4.07. The van der Waals surface area contributed by atoms with Gasteiger partial charge in [0.15, 0.2) is 5.78 Å². The van der Waals surface area contributed by atoms with Gasteiger partial charge < -0.3 is 0 Å². The molecule has 0 bridgehead atoms. The summed E-state index contributed by atoms with van der Waals surface area (Å²) in [6.07, 6.45) is 3.49. The minimum Gasteiger partial charge on any atom is -0.289 e. The number of carbonyl (C=O) groups is 1. The van der Waals surface area contributed by atoms with Crippen molar-refractivity contribution in [2.45, 2.75) is 13.8 Å². The lowest BCUT2D eigenvalue weighted by Crippen LogP contribution is -1.94. The van der Waals surface area contributed by atoms with Crippen molar-refractivity contribution in [2.75, 3.05) is 0 Å². The Morgan fingerprint density at radius 1 is 1.29 bits per heavy atom. The van der Waals surface area contributed by atoms with Crippen LogP contribution in [0.2, 0.25) is 5.02 Å². The standard InChI is InChI=1S/C12H13ClO/c1-9(2)3-8-12(14)10-4-6-11(13)7-5-10/h3-9H,1-2H3/b8-3+. The van der Waals surface area contributed by atoms with E-state index >= 15 is 0 Å². The minimum atomic E-state index is 0.0235. The second-order valence-corrected chi connectivity index (χ2v) is 3.91. The molecule has 0 atom stereocenters. The number of hydrogen-bond donors (Lipinski definition) is 0. The van der Waals surface area contributed by atoms with Crippen LogP contribution in [0.25, 0.3) is 0 Å². The summed E-state index contributed by atoms with van der Waals surface area (Å²) in [5.74, 6) is 0.418. The monoisotopic (exact) mass is 208 g/mol. The topological polar surface area (TPSA) is 17.1 Å². The number of allylic oxidation sites excluding steroid dienone is 2. The van der Waals surface area contributed by atoms with Crippen LogP contribution in [-0.2, 0) is 0 Å². The number of ketones is 1. The van der Waals surface area contributed by atoms with Crippen molar-refractivity contribution in [2.24, 2.45) is 5.92 Å². The number of rotatable bonds is 3. The first-order valence-corrected chi connectivity index (χ1v) is 4.95. The van der Waals surface area contributed by atoms with Crippen LogP contribution in [0.15, 0.2) is 36.4 Å². The van der Waals surface area contributed by atoms with Gasteiger partial charge in [-0.3, -0.25) is 4.79 Å². The van der Waals surface area contributed by atoms with Gasteiger partial charge in [-0.2, -0.15) is 0 Å².